The molecule has 0 aliphatic carbocycles. The molecule has 0 saturated carbocycles. The zero-order chi connectivity index (χ0) is 21.4. The predicted molar refractivity (Wildman–Crippen MR) is 101 cm³/mol. The Bertz CT molecular complexity index is 963. The first kappa shape index (κ1) is 20.8. The van der Waals surface area contributed by atoms with Crippen molar-refractivity contribution in [3.05, 3.63) is 53.2 Å². The molecule has 0 unspecified atom stereocenters. The lowest BCUT2D eigenvalue weighted by molar-refractivity contribution is 0.0987. The molecule has 0 spiro atoms. The van der Waals surface area contributed by atoms with Gasteiger partial charge in [-0.15, -0.1) is 0 Å². The maximum Gasteiger partial charge on any atom is 0.232 e. The molecule has 154 valence electrons. The molecule has 1 aliphatic heterocycles. The van der Waals surface area contributed by atoms with Crippen molar-refractivity contribution >= 4 is 11.6 Å². The summed E-state index contributed by atoms with van der Waals surface area (Å²) in [4.78, 5) is 24.3. The highest BCUT2D eigenvalue weighted by Gasteiger charge is 2.49. The Balaban J connectivity index is 1.92. The summed E-state index contributed by atoms with van der Waals surface area (Å²) < 4.78 is 48.6. The lowest BCUT2D eigenvalue weighted by Crippen LogP contribution is -2.51. The molecule has 9 heteroatoms. The molecule has 29 heavy (non-hydrogen) atoms. The monoisotopic (exact) mass is 406 g/mol. The number of alkyl halides is 2. The van der Waals surface area contributed by atoms with Crippen molar-refractivity contribution in [2.45, 2.75) is 44.1 Å². The summed E-state index contributed by atoms with van der Waals surface area (Å²) in [6.45, 7) is 2.50. The third-order valence-corrected chi connectivity index (χ3v) is 5.12. The van der Waals surface area contributed by atoms with E-state index in [1.54, 1.807) is 0 Å². The van der Waals surface area contributed by atoms with Gasteiger partial charge in [-0.05, 0) is 31.5 Å². The molecular weight excluding hydrogens is 385 g/mol. The minimum atomic E-state index is -2.10. The van der Waals surface area contributed by atoms with Crippen LogP contribution in [0, 0.1) is 5.82 Å². The third-order valence-electron chi connectivity index (χ3n) is 5.12. The highest BCUT2D eigenvalue weighted by molar-refractivity contribution is 5.95. The van der Waals surface area contributed by atoms with Gasteiger partial charge in [-0.25, -0.2) is 23.1 Å². The van der Waals surface area contributed by atoms with Crippen LogP contribution in [0.25, 0.3) is 0 Å². The molecule has 0 radical (unpaired) electrons. The molecule has 1 aromatic carbocycles. The maximum absolute atomic E-state index is 14.8. The second kappa shape index (κ2) is 7.46. The predicted octanol–water partition coefficient (Wildman–Crippen LogP) is 3.09. The molecule has 3 rings (SSSR count). The van der Waals surface area contributed by atoms with Crippen molar-refractivity contribution in [1.82, 2.24) is 9.97 Å². The van der Waals surface area contributed by atoms with Gasteiger partial charge in [0.2, 0.25) is 5.88 Å². The summed E-state index contributed by atoms with van der Waals surface area (Å²) in [7, 11) is 1.43. The van der Waals surface area contributed by atoms with Crippen molar-refractivity contribution in [2.24, 2.45) is 10.7 Å². The third kappa shape index (κ3) is 3.94. The SMILES string of the molecule is COc1cnc(C(=O)Cc2ccc(F)c([C@@]3(C)N=C(N)[C@@](C)(F)C[C@@H]3F)c2)cn1. The fourth-order valence-electron chi connectivity index (χ4n) is 3.22. The number of hydrogen-bond donors (Lipinski definition) is 1. The van der Waals surface area contributed by atoms with Gasteiger partial charge in [0.05, 0.1) is 19.5 Å². The zero-order valence-electron chi connectivity index (χ0n) is 16.2. The topological polar surface area (TPSA) is 90.5 Å². The van der Waals surface area contributed by atoms with Crippen LogP contribution in [-0.4, -0.2) is 40.5 Å². The summed E-state index contributed by atoms with van der Waals surface area (Å²) in [6.07, 6.45) is 0.145. The van der Waals surface area contributed by atoms with Crippen molar-refractivity contribution in [3.8, 4) is 5.88 Å². The Kier molecular flexibility index (Phi) is 5.34. The first-order chi connectivity index (χ1) is 13.6. The van der Waals surface area contributed by atoms with Gasteiger partial charge in [0.25, 0.3) is 0 Å². The summed E-state index contributed by atoms with van der Waals surface area (Å²) in [5.74, 6) is -1.19. The number of nitrogens with zero attached hydrogens (tertiary/aromatic N) is 3. The number of carbonyl (C=O) groups is 1. The Labute approximate surface area is 166 Å². The summed E-state index contributed by atoms with van der Waals surface area (Å²) in [5.41, 5.74) is 2.32. The lowest BCUT2D eigenvalue weighted by Gasteiger charge is -2.39. The van der Waals surface area contributed by atoms with E-state index < -0.39 is 29.6 Å². The van der Waals surface area contributed by atoms with Crippen LogP contribution in [0.2, 0.25) is 0 Å². The summed E-state index contributed by atoms with van der Waals surface area (Å²) >= 11 is 0. The van der Waals surface area contributed by atoms with E-state index in [0.29, 0.717) is 5.56 Å². The number of benzene rings is 1. The minimum absolute atomic E-state index is 0.0884. The van der Waals surface area contributed by atoms with Gasteiger partial charge >= 0.3 is 0 Å². The Morgan fingerprint density at radius 2 is 2.03 bits per heavy atom. The van der Waals surface area contributed by atoms with Gasteiger partial charge in [0, 0.05) is 18.4 Å². The number of aromatic nitrogens is 2. The molecule has 2 heterocycles. The second-order valence-corrected chi connectivity index (χ2v) is 7.37. The molecule has 3 atom stereocenters. The lowest BCUT2D eigenvalue weighted by atomic mass is 9.78. The van der Waals surface area contributed by atoms with E-state index in [2.05, 4.69) is 15.0 Å². The van der Waals surface area contributed by atoms with Crippen LogP contribution in [-0.2, 0) is 12.0 Å². The van der Waals surface area contributed by atoms with Crippen molar-refractivity contribution in [3.63, 3.8) is 0 Å². The average Bonchev–Trinajstić information content (AvgIpc) is 2.67. The largest absolute Gasteiger partial charge is 0.480 e. The number of aliphatic imine (C=N–C) groups is 1. The van der Waals surface area contributed by atoms with Crippen LogP contribution in [0.5, 0.6) is 5.88 Å². The van der Waals surface area contributed by atoms with Crippen LogP contribution in [0.4, 0.5) is 13.2 Å². The normalized spacial score (nSPS) is 26.7. The Morgan fingerprint density at radius 1 is 1.31 bits per heavy atom. The number of amidine groups is 1. The molecular formula is C20H21F3N4O2. The summed E-state index contributed by atoms with van der Waals surface area (Å²) in [5, 5.41) is 0. The molecule has 0 saturated heterocycles. The summed E-state index contributed by atoms with van der Waals surface area (Å²) in [6, 6.07) is 3.90. The van der Waals surface area contributed by atoms with E-state index in [1.807, 2.05) is 0 Å². The number of rotatable bonds is 5. The zero-order valence-corrected chi connectivity index (χ0v) is 16.2. The average molecular weight is 406 g/mol. The fraction of sp³-hybridized carbons (Fsp3) is 0.400. The molecule has 2 aromatic rings. The van der Waals surface area contributed by atoms with Gasteiger partial charge in [0.1, 0.15) is 29.1 Å². The number of methoxy groups -OCH3 is 1. The maximum atomic E-state index is 14.8. The van der Waals surface area contributed by atoms with E-state index in [1.165, 1.54) is 38.6 Å². The van der Waals surface area contributed by atoms with Gasteiger partial charge in [-0.2, -0.15) is 0 Å². The van der Waals surface area contributed by atoms with Crippen LogP contribution >= 0.6 is 0 Å². The highest BCUT2D eigenvalue weighted by Crippen LogP contribution is 2.42. The van der Waals surface area contributed by atoms with Crippen molar-refractivity contribution in [1.29, 1.82) is 0 Å². The first-order valence-electron chi connectivity index (χ1n) is 8.94. The molecule has 0 fully saturated rings. The fourth-order valence-corrected chi connectivity index (χ4v) is 3.22. The number of nitrogens with two attached hydrogens (primary N) is 1. The Hall–Kier alpha value is -2.97. The first-order valence-corrected chi connectivity index (χ1v) is 8.94. The number of ether oxygens (including phenoxy) is 1. The van der Waals surface area contributed by atoms with Crippen molar-refractivity contribution in [2.75, 3.05) is 7.11 Å². The Morgan fingerprint density at radius 3 is 2.66 bits per heavy atom. The van der Waals surface area contributed by atoms with E-state index in [-0.39, 0.29) is 35.2 Å². The molecule has 1 aromatic heterocycles. The molecule has 0 amide bonds. The molecule has 6 nitrogen and oxygen atoms in total. The standard InChI is InChI=1S/C20H21F3N4O2/c1-19(23)8-16(22)20(2,27-18(19)24)12-6-11(4-5-13(12)21)7-15(28)14-9-26-17(29-3)10-25-14/h4-6,9-10,16H,7-8H2,1-3H3,(H2,24,27)/t16-,19-,20+/m0/s1. The smallest absolute Gasteiger partial charge is 0.232 e. The molecule has 1 aliphatic rings. The van der Waals surface area contributed by atoms with E-state index in [9.17, 15) is 18.0 Å². The van der Waals surface area contributed by atoms with Crippen LogP contribution in [0.1, 0.15) is 41.9 Å². The van der Waals surface area contributed by atoms with Gasteiger partial charge in [-0.3, -0.25) is 9.79 Å². The van der Waals surface area contributed by atoms with Crippen molar-refractivity contribution < 1.29 is 22.7 Å². The van der Waals surface area contributed by atoms with Crippen LogP contribution in [0.3, 0.4) is 0 Å². The molecule has 0 bridgehead atoms. The number of hydrogen-bond acceptors (Lipinski definition) is 6. The van der Waals surface area contributed by atoms with Crippen LogP contribution in [0.15, 0.2) is 35.6 Å². The number of carbonyl (C=O) groups excluding carboxylic acids is 1. The molecule has 2 N–H and O–H groups in total. The number of Topliss-reactive ketones (excluding diaryl/α,β-unsaturated/α-hetero) is 1. The van der Waals surface area contributed by atoms with Gasteiger partial charge < -0.3 is 10.5 Å². The van der Waals surface area contributed by atoms with Gasteiger partial charge in [0.15, 0.2) is 11.5 Å². The highest BCUT2D eigenvalue weighted by atomic mass is 19.2. The minimum Gasteiger partial charge on any atom is -0.480 e. The number of halogens is 3. The van der Waals surface area contributed by atoms with E-state index in [4.69, 9.17) is 10.5 Å². The van der Waals surface area contributed by atoms with E-state index in [0.717, 1.165) is 13.0 Å². The van der Waals surface area contributed by atoms with Gasteiger partial charge in [-0.1, -0.05) is 6.07 Å². The second-order valence-electron chi connectivity index (χ2n) is 7.37. The number of ketones is 1. The van der Waals surface area contributed by atoms with E-state index >= 15 is 0 Å². The van der Waals surface area contributed by atoms with Crippen LogP contribution < -0.4 is 10.5 Å². The quantitative estimate of drug-likeness (QED) is 0.771.